The Kier molecular flexibility index (Phi) is 5.29. The van der Waals surface area contributed by atoms with E-state index in [2.05, 4.69) is 27.9 Å². The van der Waals surface area contributed by atoms with Crippen LogP contribution in [0.2, 0.25) is 0 Å². The zero-order valence-corrected chi connectivity index (χ0v) is 16.1. The lowest BCUT2D eigenvalue weighted by molar-refractivity contribution is -0.116. The molecular formula is C20H20FN5OS. The highest BCUT2D eigenvalue weighted by molar-refractivity contribution is 8.00. The maximum atomic E-state index is 14.0. The summed E-state index contributed by atoms with van der Waals surface area (Å²) in [6, 6.07) is 15.6. The van der Waals surface area contributed by atoms with E-state index in [1.54, 1.807) is 18.2 Å². The lowest BCUT2D eigenvalue weighted by Crippen LogP contribution is -2.41. The van der Waals surface area contributed by atoms with Crippen molar-refractivity contribution in [2.45, 2.75) is 36.2 Å². The van der Waals surface area contributed by atoms with Crippen LogP contribution < -0.4 is 10.7 Å². The molecule has 0 saturated heterocycles. The molecule has 0 bridgehead atoms. The van der Waals surface area contributed by atoms with Crippen LogP contribution in [0.4, 0.5) is 10.1 Å². The first-order chi connectivity index (χ1) is 13.7. The normalized spacial score (nSPS) is 18.2. The van der Waals surface area contributed by atoms with Crippen molar-refractivity contribution >= 4 is 23.4 Å². The highest BCUT2D eigenvalue weighted by atomic mass is 32.2. The number of benzene rings is 2. The summed E-state index contributed by atoms with van der Waals surface area (Å²) in [5.74, 6) is 0.0796. The SMILES string of the molecule is CCCc1nnc2n1NC(c1ccccc1)C(C(=O)Nc1ccccc1F)S2. The highest BCUT2D eigenvalue weighted by Crippen LogP contribution is 2.37. The van der Waals surface area contributed by atoms with Gasteiger partial charge < -0.3 is 10.7 Å². The number of nitrogens with one attached hydrogen (secondary N) is 2. The smallest absolute Gasteiger partial charge is 0.240 e. The molecule has 4 rings (SSSR count). The van der Waals surface area contributed by atoms with Gasteiger partial charge in [0.25, 0.3) is 0 Å². The number of para-hydroxylation sites is 1. The predicted molar refractivity (Wildman–Crippen MR) is 107 cm³/mol. The van der Waals surface area contributed by atoms with Crippen molar-refractivity contribution < 1.29 is 9.18 Å². The van der Waals surface area contributed by atoms with Crippen LogP contribution in [0.3, 0.4) is 0 Å². The fourth-order valence-electron chi connectivity index (χ4n) is 3.16. The summed E-state index contributed by atoms with van der Waals surface area (Å²) < 4.78 is 15.9. The molecule has 0 aliphatic carbocycles. The molecule has 8 heteroatoms. The Morgan fingerprint density at radius 1 is 1.18 bits per heavy atom. The molecule has 0 saturated carbocycles. The number of amides is 1. The molecule has 1 amide bonds. The summed E-state index contributed by atoms with van der Waals surface area (Å²) in [6.07, 6.45) is 1.73. The van der Waals surface area contributed by atoms with Crippen LogP contribution in [0.15, 0.2) is 59.8 Å². The lowest BCUT2D eigenvalue weighted by atomic mass is 10.0. The molecule has 0 spiro atoms. The van der Waals surface area contributed by atoms with E-state index in [1.165, 1.54) is 17.8 Å². The molecule has 2 N–H and O–H groups in total. The number of hydrogen-bond acceptors (Lipinski definition) is 5. The van der Waals surface area contributed by atoms with Crippen molar-refractivity contribution in [3.8, 4) is 0 Å². The van der Waals surface area contributed by atoms with E-state index >= 15 is 0 Å². The standard InChI is InChI=1S/C20H20FN5OS/c1-2-8-16-23-24-20-26(16)25-17(13-9-4-3-5-10-13)18(28-20)19(27)22-15-12-7-6-11-14(15)21/h3-7,9-12,17-18,25H,2,8H2,1H3,(H,22,27). The molecule has 3 aromatic rings. The third kappa shape index (κ3) is 3.60. The van der Waals surface area contributed by atoms with Crippen molar-refractivity contribution in [1.82, 2.24) is 14.9 Å². The first kappa shape index (κ1) is 18.5. The van der Waals surface area contributed by atoms with Gasteiger partial charge in [0.2, 0.25) is 11.1 Å². The second-order valence-electron chi connectivity index (χ2n) is 6.51. The van der Waals surface area contributed by atoms with Gasteiger partial charge in [0, 0.05) is 6.42 Å². The van der Waals surface area contributed by atoms with Crippen LogP contribution >= 0.6 is 11.8 Å². The Hall–Kier alpha value is -2.87. The number of aromatic nitrogens is 3. The molecule has 2 heterocycles. The van der Waals surface area contributed by atoms with Crippen molar-refractivity contribution in [1.29, 1.82) is 0 Å². The first-order valence-corrected chi connectivity index (χ1v) is 10.0. The summed E-state index contributed by atoms with van der Waals surface area (Å²) >= 11 is 1.33. The van der Waals surface area contributed by atoms with Crippen molar-refractivity contribution in [3.63, 3.8) is 0 Å². The van der Waals surface area contributed by atoms with Gasteiger partial charge >= 0.3 is 0 Å². The number of fused-ring (bicyclic) bond motifs is 1. The molecule has 6 nitrogen and oxygen atoms in total. The highest BCUT2D eigenvalue weighted by Gasteiger charge is 2.37. The van der Waals surface area contributed by atoms with Gasteiger partial charge in [-0.2, -0.15) is 0 Å². The average molecular weight is 397 g/mol. The van der Waals surface area contributed by atoms with E-state index in [9.17, 15) is 9.18 Å². The minimum atomic E-state index is -0.534. The third-order valence-electron chi connectivity index (χ3n) is 4.53. The summed E-state index contributed by atoms with van der Waals surface area (Å²) in [5.41, 5.74) is 4.52. The van der Waals surface area contributed by atoms with Gasteiger partial charge in [0.1, 0.15) is 11.1 Å². The van der Waals surface area contributed by atoms with Gasteiger partial charge in [-0.05, 0) is 24.1 Å². The zero-order chi connectivity index (χ0) is 19.5. The number of anilines is 1. The van der Waals surface area contributed by atoms with Gasteiger partial charge in [-0.25, -0.2) is 9.07 Å². The number of carbonyl (C=O) groups excluding carboxylic acids is 1. The Labute approximate surface area is 166 Å². The molecule has 0 fully saturated rings. The van der Waals surface area contributed by atoms with Gasteiger partial charge in [-0.3, -0.25) is 4.79 Å². The van der Waals surface area contributed by atoms with Crippen LogP contribution in [0.5, 0.6) is 0 Å². The summed E-state index contributed by atoms with van der Waals surface area (Å²) in [5, 5.41) is 11.3. The lowest BCUT2D eigenvalue weighted by Gasteiger charge is -2.33. The molecule has 2 aromatic carbocycles. The molecule has 1 aliphatic rings. The first-order valence-electron chi connectivity index (χ1n) is 9.15. The second kappa shape index (κ2) is 8.02. The summed E-state index contributed by atoms with van der Waals surface area (Å²) in [6.45, 7) is 2.08. The minimum absolute atomic E-state index is 0.165. The van der Waals surface area contributed by atoms with E-state index < -0.39 is 11.1 Å². The average Bonchev–Trinajstić information content (AvgIpc) is 3.11. The van der Waals surface area contributed by atoms with E-state index in [0.717, 1.165) is 24.2 Å². The van der Waals surface area contributed by atoms with E-state index in [4.69, 9.17) is 0 Å². The topological polar surface area (TPSA) is 71.8 Å². The van der Waals surface area contributed by atoms with Crippen LogP contribution in [0, 0.1) is 5.82 Å². The quantitative estimate of drug-likeness (QED) is 0.686. The number of aryl methyl sites for hydroxylation is 1. The van der Waals surface area contributed by atoms with E-state index in [1.807, 2.05) is 35.0 Å². The molecule has 144 valence electrons. The Morgan fingerprint density at radius 2 is 1.93 bits per heavy atom. The Morgan fingerprint density at radius 3 is 2.68 bits per heavy atom. The predicted octanol–water partition coefficient (Wildman–Crippen LogP) is 3.77. The largest absolute Gasteiger partial charge is 0.323 e. The molecule has 1 aliphatic heterocycles. The van der Waals surface area contributed by atoms with Crippen LogP contribution in [0.1, 0.15) is 30.8 Å². The summed E-state index contributed by atoms with van der Waals surface area (Å²) in [7, 11) is 0. The van der Waals surface area contributed by atoms with Crippen LogP contribution in [0.25, 0.3) is 0 Å². The minimum Gasteiger partial charge on any atom is -0.323 e. The number of carbonyl (C=O) groups is 1. The van der Waals surface area contributed by atoms with Gasteiger partial charge in [-0.15, -0.1) is 10.2 Å². The van der Waals surface area contributed by atoms with Gasteiger partial charge in [0.15, 0.2) is 5.82 Å². The molecule has 0 radical (unpaired) electrons. The van der Waals surface area contributed by atoms with Crippen LogP contribution in [-0.2, 0) is 11.2 Å². The number of rotatable bonds is 5. The monoisotopic (exact) mass is 397 g/mol. The number of halogens is 1. The molecule has 2 unspecified atom stereocenters. The Balaban J connectivity index is 1.67. The third-order valence-corrected chi connectivity index (χ3v) is 5.74. The maximum absolute atomic E-state index is 14.0. The molecule has 1 aromatic heterocycles. The van der Waals surface area contributed by atoms with Crippen molar-refractivity contribution in [3.05, 3.63) is 71.8 Å². The van der Waals surface area contributed by atoms with E-state index in [-0.39, 0.29) is 17.6 Å². The molecular weight excluding hydrogens is 377 g/mol. The fourth-order valence-corrected chi connectivity index (χ4v) is 4.26. The van der Waals surface area contributed by atoms with Crippen molar-refractivity contribution in [2.24, 2.45) is 0 Å². The number of thioether (sulfide) groups is 1. The second-order valence-corrected chi connectivity index (χ2v) is 7.62. The zero-order valence-electron chi connectivity index (χ0n) is 15.3. The van der Waals surface area contributed by atoms with Crippen molar-refractivity contribution in [2.75, 3.05) is 10.7 Å². The maximum Gasteiger partial charge on any atom is 0.240 e. The molecule has 2 atom stereocenters. The number of nitrogens with zero attached hydrogens (tertiary/aromatic N) is 3. The Bertz CT molecular complexity index is 978. The van der Waals surface area contributed by atoms with Gasteiger partial charge in [0.05, 0.1) is 11.7 Å². The van der Waals surface area contributed by atoms with E-state index in [0.29, 0.717) is 5.16 Å². The summed E-state index contributed by atoms with van der Waals surface area (Å²) in [4.78, 5) is 13.0. The van der Waals surface area contributed by atoms with Crippen LogP contribution in [-0.4, -0.2) is 26.0 Å². The fraction of sp³-hybridized carbons (Fsp3) is 0.250. The number of hydrogen-bond donors (Lipinski definition) is 2. The molecule has 28 heavy (non-hydrogen) atoms. The van der Waals surface area contributed by atoms with Gasteiger partial charge in [-0.1, -0.05) is 61.2 Å².